The fraction of sp³-hybridized carbons (Fsp3) is 0.671. The summed E-state index contributed by atoms with van der Waals surface area (Å²) >= 11 is 0. The number of hydrogen-bond acceptors (Lipinski definition) is 8. The molecule has 0 aliphatic carbocycles. The SMILES string of the molecule is CC/C=C\C/C=C\C/C=C\C/C=C\C/C=C\C/C=C\C/C=C\C/C=C\C/C=C\CCCCCCCCCCCCCC(=O)OC(COC(=O)CCCCCCCCCCCCCC/C=C\C/C=C\C/C=C\CCCCCCC)COC(OCC[N+](C)(C)C)C(=O)[O-]. The minimum atomic E-state index is -1.63. The minimum absolute atomic E-state index is 0.141. The van der Waals surface area contributed by atoms with E-state index in [0.29, 0.717) is 17.4 Å². The number of esters is 2. The standard InChI is InChI=1S/C82H137NO8/c1-6-8-10-12-14-16-18-20-22-24-26-28-30-32-34-35-36-37-38-39-40-41-42-43-44-45-47-49-51-53-55-57-59-61-63-65-67-69-71-73-80(85)91-78(77-90-82(81(86)87)88-75-74-83(3,4)5)76-89-79(84)72-70-68-66-64-62-60-58-56-54-52-50-48-46-33-31-29-27-25-23-21-19-17-15-13-11-9-7-2/h8,10,14,16,19-22,25-28,31-34,36-37,39-40,42-43,45,47,78,82H,6-7,9,11-13,15,17-18,23-24,29-30,35,38,41,44,46,48-77H2,1-5H3/b10-8-,16-14-,21-19-,22-20-,27-25-,28-26-,33-31-,34-32-,37-36-,40-39-,43-42-,47-45-. The quantitative estimate of drug-likeness (QED) is 0.0195. The highest BCUT2D eigenvalue weighted by atomic mass is 16.7. The molecule has 9 heteroatoms. The molecule has 0 amide bonds. The van der Waals surface area contributed by atoms with E-state index in [4.69, 9.17) is 18.9 Å². The predicted octanol–water partition coefficient (Wildman–Crippen LogP) is 22.1. The van der Waals surface area contributed by atoms with Gasteiger partial charge in [0.25, 0.3) is 0 Å². The molecule has 0 aromatic heterocycles. The van der Waals surface area contributed by atoms with Crippen LogP contribution in [0.5, 0.6) is 0 Å². The number of likely N-dealkylation sites (N-methyl/N-ethyl adjacent to an activating group) is 1. The van der Waals surface area contributed by atoms with Crippen molar-refractivity contribution in [1.29, 1.82) is 0 Å². The maximum Gasteiger partial charge on any atom is 0.306 e. The van der Waals surface area contributed by atoms with Gasteiger partial charge in [-0.05, 0) is 122 Å². The minimum Gasteiger partial charge on any atom is -0.545 e. The summed E-state index contributed by atoms with van der Waals surface area (Å²) in [5.74, 6) is -2.29. The van der Waals surface area contributed by atoms with Crippen molar-refractivity contribution in [2.75, 3.05) is 47.5 Å². The molecule has 0 aliphatic rings. The Morgan fingerprint density at radius 1 is 0.341 bits per heavy atom. The maximum atomic E-state index is 13.0. The van der Waals surface area contributed by atoms with Crippen LogP contribution in [-0.4, -0.2) is 82.3 Å². The first-order valence-corrected chi connectivity index (χ1v) is 37.0. The van der Waals surface area contributed by atoms with Crippen LogP contribution >= 0.6 is 0 Å². The average molecular weight is 1260 g/mol. The Bertz CT molecular complexity index is 2010. The average Bonchev–Trinajstić information content (AvgIpc) is 3.46. The van der Waals surface area contributed by atoms with Crippen LogP contribution in [0, 0.1) is 0 Å². The van der Waals surface area contributed by atoms with E-state index in [-0.39, 0.29) is 38.6 Å². The van der Waals surface area contributed by atoms with E-state index in [0.717, 1.165) is 116 Å². The van der Waals surface area contributed by atoms with Gasteiger partial charge in [-0.1, -0.05) is 307 Å². The molecule has 0 saturated carbocycles. The van der Waals surface area contributed by atoms with Gasteiger partial charge in [0.2, 0.25) is 0 Å². The van der Waals surface area contributed by atoms with Crippen LogP contribution in [0.15, 0.2) is 146 Å². The molecule has 0 N–H and O–H groups in total. The lowest BCUT2D eigenvalue weighted by Crippen LogP contribution is -2.44. The molecule has 518 valence electrons. The number of carboxylic acids is 1. The highest BCUT2D eigenvalue weighted by Crippen LogP contribution is 2.17. The van der Waals surface area contributed by atoms with Crippen LogP contribution < -0.4 is 5.11 Å². The van der Waals surface area contributed by atoms with Crippen LogP contribution in [0.2, 0.25) is 0 Å². The predicted molar refractivity (Wildman–Crippen MR) is 389 cm³/mol. The first-order valence-electron chi connectivity index (χ1n) is 37.0. The topological polar surface area (TPSA) is 111 Å². The molecule has 0 aliphatic heterocycles. The van der Waals surface area contributed by atoms with E-state index in [1.807, 2.05) is 21.1 Å². The molecule has 0 fully saturated rings. The molecule has 0 rings (SSSR count). The summed E-state index contributed by atoms with van der Waals surface area (Å²) in [5.41, 5.74) is 0. The second-order valence-corrected chi connectivity index (χ2v) is 25.5. The van der Waals surface area contributed by atoms with E-state index < -0.39 is 24.3 Å². The number of carbonyl (C=O) groups is 3. The number of rotatable bonds is 67. The van der Waals surface area contributed by atoms with Gasteiger partial charge >= 0.3 is 11.9 Å². The van der Waals surface area contributed by atoms with Crippen molar-refractivity contribution >= 4 is 17.9 Å². The van der Waals surface area contributed by atoms with E-state index in [2.05, 4.69) is 160 Å². The number of aliphatic carboxylic acids is 1. The zero-order valence-electron chi connectivity index (χ0n) is 59.2. The Labute approximate surface area is 560 Å². The number of unbranched alkanes of at least 4 members (excludes halogenated alkanes) is 28. The van der Waals surface area contributed by atoms with Gasteiger partial charge in [-0.3, -0.25) is 9.59 Å². The van der Waals surface area contributed by atoms with Crippen molar-refractivity contribution in [3.05, 3.63) is 146 Å². The molecule has 2 atom stereocenters. The van der Waals surface area contributed by atoms with Crippen molar-refractivity contribution in [2.24, 2.45) is 0 Å². The molecule has 2 unspecified atom stereocenters. The van der Waals surface area contributed by atoms with Crippen molar-refractivity contribution in [3.63, 3.8) is 0 Å². The van der Waals surface area contributed by atoms with Gasteiger partial charge < -0.3 is 33.3 Å². The Kier molecular flexibility index (Phi) is 67.3. The van der Waals surface area contributed by atoms with Gasteiger partial charge in [-0.25, -0.2) is 0 Å². The van der Waals surface area contributed by atoms with Crippen LogP contribution in [0.4, 0.5) is 0 Å². The number of ether oxygens (including phenoxy) is 4. The third-order valence-corrected chi connectivity index (χ3v) is 15.6. The number of allylic oxidation sites excluding steroid dienone is 24. The largest absolute Gasteiger partial charge is 0.545 e. The van der Waals surface area contributed by atoms with Crippen LogP contribution in [0.3, 0.4) is 0 Å². The summed E-state index contributed by atoms with van der Waals surface area (Å²) in [4.78, 5) is 37.5. The summed E-state index contributed by atoms with van der Waals surface area (Å²) in [6.07, 6.45) is 101. The number of carboxylic acid groups (broad SMARTS) is 1. The lowest BCUT2D eigenvalue weighted by molar-refractivity contribution is -0.870. The van der Waals surface area contributed by atoms with Crippen molar-refractivity contribution in [2.45, 2.75) is 309 Å². The van der Waals surface area contributed by atoms with Crippen molar-refractivity contribution in [1.82, 2.24) is 0 Å². The zero-order chi connectivity index (χ0) is 66.1. The van der Waals surface area contributed by atoms with Gasteiger partial charge in [-0.15, -0.1) is 0 Å². The summed E-state index contributed by atoms with van der Waals surface area (Å²) in [5, 5.41) is 11.8. The Morgan fingerprint density at radius 3 is 0.934 bits per heavy atom. The third-order valence-electron chi connectivity index (χ3n) is 15.6. The molecular weight excluding hydrogens is 1130 g/mol. The van der Waals surface area contributed by atoms with E-state index in [9.17, 15) is 19.5 Å². The molecule has 0 spiro atoms. The molecular formula is C82H137NO8. The van der Waals surface area contributed by atoms with Crippen LogP contribution in [-0.2, 0) is 33.3 Å². The van der Waals surface area contributed by atoms with Crippen molar-refractivity contribution < 1.29 is 42.9 Å². The molecule has 0 radical (unpaired) electrons. The number of quaternary nitrogens is 1. The highest BCUT2D eigenvalue weighted by Gasteiger charge is 2.22. The first kappa shape index (κ1) is 86.2. The Balaban J connectivity index is 4.14. The number of nitrogens with zero attached hydrogens (tertiary/aromatic N) is 1. The lowest BCUT2D eigenvalue weighted by Gasteiger charge is -2.26. The monoisotopic (exact) mass is 1260 g/mol. The molecule has 0 bridgehead atoms. The summed E-state index contributed by atoms with van der Waals surface area (Å²) in [6.45, 7) is 4.63. The van der Waals surface area contributed by atoms with Gasteiger partial charge in [-0.2, -0.15) is 0 Å². The Hall–Kier alpha value is -4.83. The van der Waals surface area contributed by atoms with Gasteiger partial charge in [0.05, 0.1) is 40.3 Å². The fourth-order valence-electron chi connectivity index (χ4n) is 9.95. The molecule has 0 aromatic rings. The molecule has 0 aromatic carbocycles. The third kappa shape index (κ3) is 72.5. The first-order chi connectivity index (χ1) is 44.6. The summed E-state index contributed by atoms with van der Waals surface area (Å²) < 4.78 is 22.8. The maximum absolute atomic E-state index is 13.0. The molecule has 9 nitrogen and oxygen atoms in total. The number of hydrogen-bond donors (Lipinski definition) is 0. The van der Waals surface area contributed by atoms with E-state index in [1.54, 1.807) is 0 Å². The van der Waals surface area contributed by atoms with Crippen molar-refractivity contribution in [3.8, 4) is 0 Å². The smallest absolute Gasteiger partial charge is 0.306 e. The number of carbonyl (C=O) groups excluding carboxylic acids is 3. The highest BCUT2D eigenvalue weighted by molar-refractivity contribution is 5.70. The van der Waals surface area contributed by atoms with Crippen LogP contribution in [0.1, 0.15) is 296 Å². The van der Waals surface area contributed by atoms with E-state index in [1.165, 1.54) is 148 Å². The van der Waals surface area contributed by atoms with Gasteiger partial charge in [0, 0.05) is 12.8 Å². The zero-order valence-corrected chi connectivity index (χ0v) is 59.2. The Morgan fingerprint density at radius 2 is 0.626 bits per heavy atom. The van der Waals surface area contributed by atoms with Gasteiger partial charge in [0.1, 0.15) is 13.2 Å². The summed E-state index contributed by atoms with van der Waals surface area (Å²) in [7, 11) is 5.93. The fourth-order valence-corrected chi connectivity index (χ4v) is 9.95. The lowest BCUT2D eigenvalue weighted by atomic mass is 10.0. The summed E-state index contributed by atoms with van der Waals surface area (Å²) in [6, 6.07) is 0. The normalized spacial score (nSPS) is 13.5. The second kappa shape index (κ2) is 71.0. The molecule has 91 heavy (non-hydrogen) atoms. The molecule has 0 heterocycles. The second-order valence-electron chi connectivity index (χ2n) is 25.5. The van der Waals surface area contributed by atoms with Gasteiger partial charge in [0.15, 0.2) is 12.4 Å². The van der Waals surface area contributed by atoms with E-state index >= 15 is 0 Å². The molecule has 0 saturated heterocycles. The van der Waals surface area contributed by atoms with Crippen LogP contribution in [0.25, 0.3) is 0 Å².